The van der Waals surface area contributed by atoms with E-state index in [9.17, 15) is 4.39 Å². The number of guanidine groups is 1. The van der Waals surface area contributed by atoms with Crippen LogP contribution in [0.25, 0.3) is 0 Å². The van der Waals surface area contributed by atoms with Gasteiger partial charge in [0, 0.05) is 6.54 Å². The van der Waals surface area contributed by atoms with E-state index in [-0.39, 0.29) is 11.9 Å². The van der Waals surface area contributed by atoms with Crippen LogP contribution in [0.2, 0.25) is 0 Å². The second kappa shape index (κ2) is 8.85. The molecule has 1 atom stereocenters. The Bertz CT molecular complexity index is 657. The minimum atomic E-state index is -0.286. The summed E-state index contributed by atoms with van der Waals surface area (Å²) in [5.41, 5.74) is 0. The van der Waals surface area contributed by atoms with Crippen LogP contribution in [-0.4, -0.2) is 35.3 Å². The quantitative estimate of drug-likeness (QED) is 0.595. The number of aryl methyl sites for hydroxylation is 1. The zero-order chi connectivity index (χ0) is 17.4. The monoisotopic (exact) mass is 335 g/mol. The highest BCUT2D eigenvalue weighted by atomic mass is 19.1. The van der Waals surface area contributed by atoms with Crippen LogP contribution in [0.5, 0.6) is 5.75 Å². The van der Waals surface area contributed by atoms with Crippen molar-refractivity contribution in [2.75, 3.05) is 13.1 Å². The molecule has 1 unspecified atom stereocenters. The molecule has 1 aromatic carbocycles. The molecular formula is C16H22FN5O2. The van der Waals surface area contributed by atoms with Crippen molar-refractivity contribution in [2.45, 2.75) is 33.4 Å². The summed E-state index contributed by atoms with van der Waals surface area (Å²) in [5, 5.41) is 10.0. The molecule has 130 valence electrons. The fraction of sp³-hybridized carbons (Fsp3) is 0.438. The normalized spacial score (nSPS) is 12.8. The van der Waals surface area contributed by atoms with Gasteiger partial charge in [-0.1, -0.05) is 5.16 Å². The number of halogens is 1. The van der Waals surface area contributed by atoms with E-state index in [1.54, 1.807) is 19.1 Å². The zero-order valence-corrected chi connectivity index (χ0v) is 14.0. The first kappa shape index (κ1) is 17.7. The van der Waals surface area contributed by atoms with E-state index < -0.39 is 0 Å². The summed E-state index contributed by atoms with van der Waals surface area (Å²) in [7, 11) is 0. The van der Waals surface area contributed by atoms with E-state index in [2.05, 4.69) is 25.8 Å². The summed E-state index contributed by atoms with van der Waals surface area (Å²) < 4.78 is 23.6. The summed E-state index contributed by atoms with van der Waals surface area (Å²) in [6, 6.07) is 5.94. The first-order valence-electron chi connectivity index (χ1n) is 7.80. The Labute approximate surface area is 140 Å². The summed E-state index contributed by atoms with van der Waals surface area (Å²) in [4.78, 5) is 8.49. The number of benzene rings is 1. The first-order chi connectivity index (χ1) is 11.6. The van der Waals surface area contributed by atoms with Crippen LogP contribution in [0.3, 0.4) is 0 Å². The van der Waals surface area contributed by atoms with E-state index in [4.69, 9.17) is 9.26 Å². The molecule has 0 aliphatic carbocycles. The molecule has 7 nitrogen and oxygen atoms in total. The molecule has 2 rings (SSSR count). The van der Waals surface area contributed by atoms with Gasteiger partial charge in [-0.05, 0) is 45.0 Å². The lowest BCUT2D eigenvalue weighted by molar-refractivity contribution is 0.223. The maximum Gasteiger partial charge on any atom is 0.248 e. The lowest BCUT2D eigenvalue weighted by Crippen LogP contribution is -2.41. The molecule has 1 aromatic heterocycles. The fourth-order valence-corrected chi connectivity index (χ4v) is 1.92. The number of hydrogen-bond acceptors (Lipinski definition) is 5. The molecule has 0 saturated heterocycles. The van der Waals surface area contributed by atoms with Gasteiger partial charge in [0.2, 0.25) is 5.89 Å². The van der Waals surface area contributed by atoms with Crippen molar-refractivity contribution in [1.29, 1.82) is 0 Å². The number of hydrogen-bond donors (Lipinski definition) is 2. The smallest absolute Gasteiger partial charge is 0.248 e. The molecule has 0 fully saturated rings. The molecule has 0 radical (unpaired) electrons. The van der Waals surface area contributed by atoms with Crippen LogP contribution in [0.15, 0.2) is 33.8 Å². The second-order valence-electron chi connectivity index (χ2n) is 5.19. The molecule has 2 aromatic rings. The summed E-state index contributed by atoms with van der Waals surface area (Å²) in [6.45, 7) is 7.21. The summed E-state index contributed by atoms with van der Waals surface area (Å²) in [5.74, 6) is 2.00. The lowest BCUT2D eigenvalue weighted by Gasteiger charge is -2.17. The maximum atomic E-state index is 12.9. The van der Waals surface area contributed by atoms with E-state index >= 15 is 0 Å². The van der Waals surface area contributed by atoms with E-state index in [0.29, 0.717) is 36.5 Å². The largest absolute Gasteiger partial charge is 0.489 e. The highest BCUT2D eigenvalue weighted by Crippen LogP contribution is 2.12. The third-order valence-electron chi connectivity index (χ3n) is 2.99. The zero-order valence-electron chi connectivity index (χ0n) is 14.0. The first-order valence-corrected chi connectivity index (χ1v) is 7.80. The van der Waals surface area contributed by atoms with Gasteiger partial charge in [0.25, 0.3) is 0 Å². The van der Waals surface area contributed by atoms with Crippen LogP contribution in [0, 0.1) is 12.7 Å². The van der Waals surface area contributed by atoms with Gasteiger partial charge in [-0.2, -0.15) is 4.98 Å². The van der Waals surface area contributed by atoms with Crippen molar-refractivity contribution < 1.29 is 13.7 Å². The SMILES string of the molecule is CCNC(=NCc1nc(C)no1)NCC(C)Oc1ccc(F)cc1. The molecule has 1 heterocycles. The molecule has 0 spiro atoms. The van der Waals surface area contributed by atoms with Crippen molar-refractivity contribution in [3.05, 3.63) is 41.8 Å². The van der Waals surface area contributed by atoms with Crippen molar-refractivity contribution in [1.82, 2.24) is 20.8 Å². The topological polar surface area (TPSA) is 84.6 Å². The molecule has 2 N–H and O–H groups in total. The van der Waals surface area contributed by atoms with Crippen molar-refractivity contribution in [3.63, 3.8) is 0 Å². The van der Waals surface area contributed by atoms with Gasteiger partial charge in [-0.15, -0.1) is 0 Å². The van der Waals surface area contributed by atoms with Gasteiger partial charge < -0.3 is 19.9 Å². The standard InChI is InChI=1S/C16H22FN5O2/c1-4-18-16(20-10-15-21-12(3)22-24-15)19-9-11(2)23-14-7-5-13(17)6-8-14/h5-8,11H,4,9-10H2,1-3H3,(H2,18,19,20). The average molecular weight is 335 g/mol. The van der Waals surface area contributed by atoms with Gasteiger partial charge in [0.05, 0.1) is 6.54 Å². The third-order valence-corrected chi connectivity index (χ3v) is 2.99. The minimum absolute atomic E-state index is 0.120. The van der Waals surface area contributed by atoms with Crippen LogP contribution < -0.4 is 15.4 Å². The van der Waals surface area contributed by atoms with Gasteiger partial charge >= 0.3 is 0 Å². The Hall–Kier alpha value is -2.64. The molecule has 8 heteroatoms. The predicted molar refractivity (Wildman–Crippen MR) is 88.3 cm³/mol. The summed E-state index contributed by atoms with van der Waals surface area (Å²) in [6.07, 6.45) is -0.120. The molecular weight excluding hydrogens is 313 g/mol. The Morgan fingerprint density at radius 2 is 2.08 bits per heavy atom. The highest BCUT2D eigenvalue weighted by molar-refractivity contribution is 5.79. The second-order valence-corrected chi connectivity index (χ2v) is 5.19. The number of rotatable bonds is 7. The van der Waals surface area contributed by atoms with Gasteiger partial charge in [-0.3, -0.25) is 0 Å². The van der Waals surface area contributed by atoms with Crippen LogP contribution in [0.4, 0.5) is 4.39 Å². The van der Waals surface area contributed by atoms with Crippen LogP contribution in [0.1, 0.15) is 25.6 Å². The van der Waals surface area contributed by atoms with E-state index in [0.717, 1.165) is 6.54 Å². The van der Waals surface area contributed by atoms with Crippen molar-refractivity contribution in [2.24, 2.45) is 4.99 Å². The van der Waals surface area contributed by atoms with Gasteiger partial charge in [0.15, 0.2) is 11.8 Å². The Morgan fingerprint density at radius 3 is 2.71 bits per heavy atom. The Morgan fingerprint density at radius 1 is 1.33 bits per heavy atom. The van der Waals surface area contributed by atoms with E-state index in [1.165, 1.54) is 12.1 Å². The number of aromatic nitrogens is 2. The maximum absolute atomic E-state index is 12.9. The van der Waals surface area contributed by atoms with E-state index in [1.807, 2.05) is 13.8 Å². The summed E-state index contributed by atoms with van der Waals surface area (Å²) >= 11 is 0. The number of aliphatic imine (C=N–C) groups is 1. The number of nitrogens with one attached hydrogen (secondary N) is 2. The van der Waals surface area contributed by atoms with Crippen molar-refractivity contribution in [3.8, 4) is 5.75 Å². The molecule has 0 aliphatic heterocycles. The highest BCUT2D eigenvalue weighted by Gasteiger charge is 2.07. The van der Waals surface area contributed by atoms with Gasteiger partial charge in [0.1, 0.15) is 24.2 Å². The average Bonchev–Trinajstić information content (AvgIpc) is 2.98. The molecule has 0 bridgehead atoms. The fourth-order valence-electron chi connectivity index (χ4n) is 1.92. The predicted octanol–water partition coefficient (Wildman–Crippen LogP) is 2.04. The molecule has 24 heavy (non-hydrogen) atoms. The lowest BCUT2D eigenvalue weighted by atomic mass is 10.3. The molecule has 0 saturated carbocycles. The molecule has 0 aliphatic rings. The molecule has 0 amide bonds. The Balaban J connectivity index is 1.84. The van der Waals surface area contributed by atoms with Crippen LogP contribution in [-0.2, 0) is 6.54 Å². The van der Waals surface area contributed by atoms with Crippen LogP contribution >= 0.6 is 0 Å². The third kappa shape index (κ3) is 5.86. The number of nitrogens with zero attached hydrogens (tertiary/aromatic N) is 3. The van der Waals surface area contributed by atoms with Gasteiger partial charge in [-0.25, -0.2) is 9.38 Å². The minimum Gasteiger partial charge on any atom is -0.489 e. The number of ether oxygens (including phenoxy) is 1. The van der Waals surface area contributed by atoms with Crippen molar-refractivity contribution >= 4 is 5.96 Å². The Kier molecular flexibility index (Phi) is 6.53.